The van der Waals surface area contributed by atoms with Crippen LogP contribution in [0.5, 0.6) is 0 Å². The van der Waals surface area contributed by atoms with E-state index in [1.165, 1.54) is 11.3 Å². The Hall–Kier alpha value is -3.37. The highest BCUT2D eigenvalue weighted by Crippen LogP contribution is 2.25. The lowest BCUT2D eigenvalue weighted by atomic mass is 10.1. The largest absolute Gasteiger partial charge is 0.408 e. The number of carbonyl (C=O) groups is 1. The molecule has 4 aromatic rings. The molecule has 0 radical (unpaired) electrons. The van der Waals surface area contributed by atoms with Gasteiger partial charge in [-0.25, -0.2) is 13.4 Å². The second-order valence-electron chi connectivity index (χ2n) is 6.40. The zero-order chi connectivity index (χ0) is 21.1. The van der Waals surface area contributed by atoms with Crippen molar-refractivity contribution in [3.8, 4) is 22.7 Å². The van der Waals surface area contributed by atoms with Gasteiger partial charge in [-0.1, -0.05) is 53.6 Å². The predicted molar refractivity (Wildman–Crippen MR) is 113 cm³/mol. The maximum atomic E-state index is 12.5. The molecule has 4 rings (SSSR count). The van der Waals surface area contributed by atoms with Gasteiger partial charge in [0.1, 0.15) is 5.75 Å². The normalized spacial score (nSPS) is 11.4. The number of benzene rings is 2. The topological polar surface area (TPSA) is 115 Å². The highest BCUT2D eigenvalue weighted by atomic mass is 32.2. The van der Waals surface area contributed by atoms with E-state index < -0.39 is 26.7 Å². The summed E-state index contributed by atoms with van der Waals surface area (Å²) in [6.45, 7) is 1.85. The summed E-state index contributed by atoms with van der Waals surface area (Å²) in [7, 11) is -4.10. The molecule has 0 atom stereocenters. The van der Waals surface area contributed by atoms with Crippen LogP contribution in [0.1, 0.15) is 5.56 Å². The third-order valence-corrected chi connectivity index (χ3v) is 6.29. The average molecular weight is 441 g/mol. The lowest BCUT2D eigenvalue weighted by Gasteiger charge is -2.01. The van der Waals surface area contributed by atoms with E-state index in [-0.39, 0.29) is 5.89 Å². The summed E-state index contributed by atoms with van der Waals surface area (Å²) < 4.78 is 30.4. The maximum absolute atomic E-state index is 12.5. The lowest BCUT2D eigenvalue weighted by molar-refractivity contribution is -0.113. The van der Waals surface area contributed by atoms with Gasteiger partial charge < -0.3 is 9.73 Å². The number of hydrogen-bond acceptors (Lipinski definition) is 8. The Kier molecular flexibility index (Phi) is 5.42. The van der Waals surface area contributed by atoms with Gasteiger partial charge in [-0.05, 0) is 18.6 Å². The van der Waals surface area contributed by atoms with Crippen molar-refractivity contribution in [3.63, 3.8) is 0 Å². The number of aryl methyl sites for hydroxylation is 1. The van der Waals surface area contributed by atoms with Gasteiger partial charge in [0.15, 0.2) is 5.13 Å². The minimum Gasteiger partial charge on any atom is -0.408 e. The van der Waals surface area contributed by atoms with Crippen molar-refractivity contribution in [1.82, 2.24) is 15.2 Å². The number of hydrogen-bond donors (Lipinski definition) is 1. The molecule has 0 unspecified atom stereocenters. The number of thiazole rings is 1. The van der Waals surface area contributed by atoms with E-state index in [9.17, 15) is 13.2 Å². The second kappa shape index (κ2) is 8.17. The van der Waals surface area contributed by atoms with Gasteiger partial charge in [0.2, 0.25) is 21.6 Å². The first-order chi connectivity index (χ1) is 14.4. The molecule has 0 spiro atoms. The van der Waals surface area contributed by atoms with E-state index in [0.29, 0.717) is 16.4 Å². The zero-order valence-electron chi connectivity index (χ0n) is 15.8. The Bertz CT molecular complexity index is 1300. The van der Waals surface area contributed by atoms with Crippen LogP contribution >= 0.6 is 11.3 Å². The number of sulfone groups is 1. The summed E-state index contributed by atoms with van der Waals surface area (Å²) in [6.07, 6.45) is 0. The summed E-state index contributed by atoms with van der Waals surface area (Å²) in [5.41, 5.74) is 3.09. The Morgan fingerprint density at radius 1 is 1.07 bits per heavy atom. The first-order valence-corrected chi connectivity index (χ1v) is 11.4. The smallest absolute Gasteiger partial charge is 0.336 e. The molecule has 0 aliphatic heterocycles. The molecule has 1 N–H and O–H groups in total. The summed E-state index contributed by atoms with van der Waals surface area (Å²) in [4.78, 5) is 16.6. The van der Waals surface area contributed by atoms with Crippen LogP contribution in [0, 0.1) is 6.92 Å². The number of rotatable bonds is 6. The Balaban J connectivity index is 1.46. The van der Waals surface area contributed by atoms with Gasteiger partial charge in [0, 0.05) is 16.5 Å². The SMILES string of the molecule is Cc1ccccc1-c1nnc(S(=O)(=O)CC(=O)Nc2nc(-c3ccccc3)cs2)o1. The van der Waals surface area contributed by atoms with Crippen molar-refractivity contribution in [1.29, 1.82) is 0 Å². The molecule has 2 aromatic heterocycles. The van der Waals surface area contributed by atoms with E-state index in [2.05, 4.69) is 20.5 Å². The van der Waals surface area contributed by atoms with Crippen molar-refractivity contribution in [3.05, 3.63) is 65.5 Å². The summed E-state index contributed by atoms with van der Waals surface area (Å²) >= 11 is 1.21. The molecule has 0 saturated heterocycles. The third-order valence-electron chi connectivity index (χ3n) is 4.19. The zero-order valence-corrected chi connectivity index (χ0v) is 17.4. The summed E-state index contributed by atoms with van der Waals surface area (Å²) in [5, 5.41) is 11.4. The monoisotopic (exact) mass is 440 g/mol. The summed E-state index contributed by atoms with van der Waals surface area (Å²) in [6, 6.07) is 16.7. The highest BCUT2D eigenvalue weighted by molar-refractivity contribution is 7.91. The number of nitrogens with zero attached hydrogens (tertiary/aromatic N) is 3. The van der Waals surface area contributed by atoms with Crippen LogP contribution in [0.25, 0.3) is 22.7 Å². The molecule has 2 aromatic carbocycles. The van der Waals surface area contributed by atoms with Gasteiger partial charge in [-0.15, -0.1) is 16.4 Å². The molecule has 30 heavy (non-hydrogen) atoms. The third kappa shape index (κ3) is 4.29. The first-order valence-electron chi connectivity index (χ1n) is 8.85. The van der Waals surface area contributed by atoms with Gasteiger partial charge in [0.25, 0.3) is 0 Å². The predicted octanol–water partition coefficient (Wildman–Crippen LogP) is 3.58. The second-order valence-corrected chi connectivity index (χ2v) is 9.12. The fraction of sp³-hybridized carbons (Fsp3) is 0.100. The Morgan fingerprint density at radius 3 is 2.57 bits per heavy atom. The molecule has 8 nitrogen and oxygen atoms in total. The van der Waals surface area contributed by atoms with Crippen LogP contribution in [0.2, 0.25) is 0 Å². The van der Waals surface area contributed by atoms with Crippen molar-refractivity contribution < 1.29 is 17.6 Å². The maximum Gasteiger partial charge on any atom is 0.336 e. The van der Waals surface area contributed by atoms with Gasteiger partial charge in [0.05, 0.1) is 5.69 Å². The summed E-state index contributed by atoms with van der Waals surface area (Å²) in [5.74, 6) is -1.48. The van der Waals surface area contributed by atoms with Crippen molar-refractivity contribution in [2.45, 2.75) is 12.1 Å². The minimum atomic E-state index is -4.10. The van der Waals surface area contributed by atoms with E-state index in [0.717, 1.165) is 11.1 Å². The Labute approximate surface area is 176 Å². The molecular weight excluding hydrogens is 424 g/mol. The molecule has 0 aliphatic rings. The molecule has 0 saturated carbocycles. The van der Waals surface area contributed by atoms with Crippen molar-refractivity contribution >= 4 is 32.2 Å². The quantitative estimate of drug-likeness (QED) is 0.487. The average Bonchev–Trinajstić information content (AvgIpc) is 3.39. The molecular formula is C20H16N4O4S2. The van der Waals surface area contributed by atoms with Crippen LogP contribution in [-0.4, -0.2) is 35.3 Å². The standard InChI is InChI=1S/C20H16N4O4S2/c1-13-7-5-6-10-15(13)18-23-24-20(28-18)30(26,27)12-17(25)22-19-21-16(11-29-19)14-8-3-2-4-9-14/h2-11H,12H2,1H3,(H,21,22,25). The van der Waals surface area contributed by atoms with Crippen molar-refractivity contribution in [2.75, 3.05) is 11.1 Å². The molecule has 0 aliphatic carbocycles. The Morgan fingerprint density at radius 2 is 1.80 bits per heavy atom. The lowest BCUT2D eigenvalue weighted by Crippen LogP contribution is -2.23. The molecule has 0 fully saturated rings. The van der Waals surface area contributed by atoms with Crippen LogP contribution in [-0.2, 0) is 14.6 Å². The van der Waals surface area contributed by atoms with Gasteiger partial charge >= 0.3 is 5.22 Å². The van der Waals surface area contributed by atoms with Gasteiger partial charge in [-0.3, -0.25) is 4.79 Å². The van der Waals surface area contributed by atoms with Crippen LogP contribution in [0.15, 0.2) is 69.6 Å². The number of nitrogens with one attached hydrogen (secondary N) is 1. The fourth-order valence-electron chi connectivity index (χ4n) is 2.72. The minimum absolute atomic E-state index is 0.0829. The number of aromatic nitrogens is 3. The molecule has 10 heteroatoms. The highest BCUT2D eigenvalue weighted by Gasteiger charge is 2.27. The molecule has 2 heterocycles. The van der Waals surface area contributed by atoms with E-state index >= 15 is 0 Å². The van der Waals surface area contributed by atoms with Crippen LogP contribution < -0.4 is 5.32 Å². The first kappa shape index (κ1) is 19.9. The van der Waals surface area contributed by atoms with E-state index in [4.69, 9.17) is 4.42 Å². The van der Waals surface area contributed by atoms with Gasteiger partial charge in [-0.2, -0.15) is 0 Å². The number of anilines is 1. The van der Waals surface area contributed by atoms with Crippen molar-refractivity contribution in [2.24, 2.45) is 0 Å². The molecule has 1 amide bonds. The number of carbonyl (C=O) groups excluding carboxylic acids is 1. The van der Waals surface area contributed by atoms with Crippen LogP contribution in [0.3, 0.4) is 0 Å². The van der Waals surface area contributed by atoms with E-state index in [1.54, 1.807) is 17.5 Å². The fourth-order valence-corrected chi connectivity index (χ4v) is 4.37. The molecule has 0 bridgehead atoms. The van der Waals surface area contributed by atoms with Crippen LogP contribution in [0.4, 0.5) is 5.13 Å². The number of amides is 1. The van der Waals surface area contributed by atoms with E-state index in [1.807, 2.05) is 49.4 Å². The molecule has 152 valence electrons.